The second-order valence-electron chi connectivity index (χ2n) is 7.08. The number of halogens is 1. The number of aryl methyl sites for hydroxylation is 1. The van der Waals surface area contributed by atoms with E-state index < -0.39 is 28.5 Å². The molecule has 1 saturated heterocycles. The number of anilines is 1. The average Bonchev–Trinajstić information content (AvgIpc) is 2.74. The molecule has 0 aliphatic carbocycles. The number of amides is 1. The normalized spacial score (nSPS) is 14.9. The lowest BCUT2D eigenvalue weighted by Crippen LogP contribution is -2.36. The molecule has 0 spiro atoms. The maximum Gasteiger partial charge on any atom is 0.338 e. The first-order chi connectivity index (χ1) is 14.3. The Morgan fingerprint density at radius 1 is 1.07 bits per heavy atom. The zero-order valence-corrected chi connectivity index (χ0v) is 18.1. The van der Waals surface area contributed by atoms with Crippen molar-refractivity contribution in [2.45, 2.75) is 31.1 Å². The van der Waals surface area contributed by atoms with E-state index in [4.69, 9.17) is 16.3 Å². The molecule has 1 fully saturated rings. The third kappa shape index (κ3) is 5.38. The number of nitrogens with zero attached hydrogens (tertiary/aromatic N) is 1. The molecule has 0 saturated carbocycles. The number of esters is 1. The lowest BCUT2D eigenvalue weighted by molar-refractivity contribution is -0.119. The Kier molecular flexibility index (Phi) is 7.12. The summed E-state index contributed by atoms with van der Waals surface area (Å²) in [5, 5.41) is 3.07. The third-order valence-corrected chi connectivity index (χ3v) is 7.11. The number of rotatable bonds is 6. The van der Waals surface area contributed by atoms with E-state index in [1.807, 2.05) is 0 Å². The summed E-state index contributed by atoms with van der Waals surface area (Å²) in [7, 11) is -3.63. The van der Waals surface area contributed by atoms with E-state index in [0.29, 0.717) is 29.4 Å². The fourth-order valence-electron chi connectivity index (χ4n) is 3.20. The quantitative estimate of drug-likeness (QED) is 0.678. The van der Waals surface area contributed by atoms with Crippen molar-refractivity contribution >= 4 is 39.2 Å². The molecule has 1 amide bonds. The van der Waals surface area contributed by atoms with Gasteiger partial charge in [0.1, 0.15) is 0 Å². The molecule has 30 heavy (non-hydrogen) atoms. The second kappa shape index (κ2) is 9.59. The Labute approximate surface area is 181 Å². The van der Waals surface area contributed by atoms with Gasteiger partial charge in [0.15, 0.2) is 6.61 Å². The van der Waals surface area contributed by atoms with Gasteiger partial charge in [0, 0.05) is 23.8 Å². The number of benzene rings is 2. The molecule has 2 aromatic rings. The molecule has 0 atom stereocenters. The van der Waals surface area contributed by atoms with Gasteiger partial charge in [-0.05, 0) is 61.7 Å². The van der Waals surface area contributed by atoms with E-state index in [1.165, 1.54) is 22.5 Å². The van der Waals surface area contributed by atoms with Gasteiger partial charge in [0.25, 0.3) is 5.91 Å². The van der Waals surface area contributed by atoms with E-state index in [9.17, 15) is 18.0 Å². The maximum atomic E-state index is 13.0. The molecular formula is C21H23ClN2O5S. The predicted octanol–water partition coefficient (Wildman–Crippen LogP) is 3.62. The third-order valence-electron chi connectivity index (χ3n) is 4.82. The number of piperidine rings is 1. The van der Waals surface area contributed by atoms with Crippen molar-refractivity contribution in [1.82, 2.24) is 4.31 Å². The summed E-state index contributed by atoms with van der Waals surface area (Å²) in [5.41, 5.74) is 1.20. The minimum absolute atomic E-state index is 0.167. The lowest BCUT2D eigenvalue weighted by atomic mass is 10.2. The maximum absolute atomic E-state index is 13.0. The molecule has 0 radical (unpaired) electrons. The van der Waals surface area contributed by atoms with Gasteiger partial charge in [-0.15, -0.1) is 0 Å². The molecule has 1 aliphatic rings. The van der Waals surface area contributed by atoms with Crippen molar-refractivity contribution in [3.63, 3.8) is 0 Å². The van der Waals surface area contributed by atoms with Gasteiger partial charge in [-0.25, -0.2) is 13.2 Å². The highest BCUT2D eigenvalue weighted by Gasteiger charge is 2.27. The van der Waals surface area contributed by atoms with Crippen molar-refractivity contribution < 1.29 is 22.7 Å². The fourth-order valence-corrected chi connectivity index (χ4v) is 5.09. The van der Waals surface area contributed by atoms with Gasteiger partial charge in [0.2, 0.25) is 10.0 Å². The van der Waals surface area contributed by atoms with E-state index >= 15 is 0 Å². The van der Waals surface area contributed by atoms with Crippen molar-refractivity contribution in [1.29, 1.82) is 0 Å². The average molecular weight is 451 g/mol. The Balaban J connectivity index is 1.65. The number of carbonyl (C=O) groups excluding carboxylic acids is 2. The van der Waals surface area contributed by atoms with Crippen LogP contribution in [0.5, 0.6) is 0 Å². The van der Waals surface area contributed by atoms with E-state index in [2.05, 4.69) is 5.32 Å². The SMILES string of the molecule is Cc1ccc(NC(=O)COC(=O)c2ccc(Cl)cc2)cc1S(=O)(=O)N1CCCCC1. The molecule has 1 heterocycles. The largest absolute Gasteiger partial charge is 0.452 e. The summed E-state index contributed by atoms with van der Waals surface area (Å²) in [6, 6.07) is 10.8. The number of sulfonamides is 1. The van der Waals surface area contributed by atoms with Crippen LogP contribution in [-0.2, 0) is 19.6 Å². The van der Waals surface area contributed by atoms with Gasteiger partial charge < -0.3 is 10.1 Å². The lowest BCUT2D eigenvalue weighted by Gasteiger charge is -2.26. The number of ether oxygens (including phenoxy) is 1. The van der Waals surface area contributed by atoms with Crippen LogP contribution in [-0.4, -0.2) is 44.3 Å². The smallest absolute Gasteiger partial charge is 0.338 e. The predicted molar refractivity (Wildman–Crippen MR) is 114 cm³/mol. The van der Waals surface area contributed by atoms with E-state index in [0.717, 1.165) is 19.3 Å². The van der Waals surface area contributed by atoms with Gasteiger partial charge in [-0.3, -0.25) is 4.79 Å². The standard InChI is InChI=1S/C21H23ClN2O5S/c1-15-5-10-18(13-19(15)30(27,28)24-11-3-2-4-12-24)23-20(25)14-29-21(26)16-6-8-17(22)9-7-16/h5-10,13H,2-4,11-12,14H2,1H3,(H,23,25). The zero-order valence-electron chi connectivity index (χ0n) is 16.6. The molecular weight excluding hydrogens is 428 g/mol. The van der Waals surface area contributed by atoms with Crippen molar-refractivity contribution in [3.8, 4) is 0 Å². The van der Waals surface area contributed by atoms with E-state index in [-0.39, 0.29) is 10.5 Å². The van der Waals surface area contributed by atoms with Crippen LogP contribution >= 0.6 is 11.6 Å². The van der Waals surface area contributed by atoms with Crippen LogP contribution in [0.2, 0.25) is 5.02 Å². The second-order valence-corrected chi connectivity index (χ2v) is 9.42. The summed E-state index contributed by atoms with van der Waals surface area (Å²) in [5.74, 6) is -1.22. The Morgan fingerprint density at radius 2 is 1.73 bits per heavy atom. The first kappa shape index (κ1) is 22.3. The fraction of sp³-hybridized carbons (Fsp3) is 0.333. The Morgan fingerprint density at radius 3 is 2.40 bits per heavy atom. The molecule has 7 nitrogen and oxygen atoms in total. The number of carbonyl (C=O) groups is 2. The van der Waals surface area contributed by atoms with Crippen LogP contribution in [0.25, 0.3) is 0 Å². The molecule has 3 rings (SSSR count). The Bertz CT molecular complexity index is 1030. The first-order valence-corrected chi connectivity index (χ1v) is 11.4. The highest BCUT2D eigenvalue weighted by atomic mass is 35.5. The molecule has 0 unspecified atom stereocenters. The number of nitrogens with one attached hydrogen (secondary N) is 1. The number of hydrogen-bond donors (Lipinski definition) is 1. The molecule has 1 N–H and O–H groups in total. The van der Waals surface area contributed by atoms with Crippen LogP contribution in [0.1, 0.15) is 35.2 Å². The van der Waals surface area contributed by atoms with Crippen molar-refractivity contribution in [2.75, 3.05) is 25.0 Å². The van der Waals surface area contributed by atoms with Crippen LogP contribution in [0.4, 0.5) is 5.69 Å². The van der Waals surface area contributed by atoms with Crippen molar-refractivity contribution in [2.24, 2.45) is 0 Å². The molecule has 0 aromatic heterocycles. The number of hydrogen-bond acceptors (Lipinski definition) is 5. The monoisotopic (exact) mass is 450 g/mol. The summed E-state index contributed by atoms with van der Waals surface area (Å²) < 4.78 is 32.4. The molecule has 1 aliphatic heterocycles. The topological polar surface area (TPSA) is 92.8 Å². The van der Waals surface area contributed by atoms with Crippen LogP contribution in [0, 0.1) is 6.92 Å². The minimum Gasteiger partial charge on any atom is -0.452 e. The summed E-state index contributed by atoms with van der Waals surface area (Å²) in [6.45, 7) is 2.22. The highest BCUT2D eigenvalue weighted by molar-refractivity contribution is 7.89. The first-order valence-electron chi connectivity index (χ1n) is 9.61. The molecule has 2 aromatic carbocycles. The van der Waals surface area contributed by atoms with Crippen LogP contribution in [0.15, 0.2) is 47.4 Å². The molecule has 160 valence electrons. The zero-order chi connectivity index (χ0) is 21.7. The summed E-state index contributed by atoms with van der Waals surface area (Å²) in [4.78, 5) is 24.3. The van der Waals surface area contributed by atoms with Gasteiger partial charge in [0.05, 0.1) is 10.5 Å². The Hall–Kier alpha value is -2.42. The van der Waals surface area contributed by atoms with Gasteiger partial charge in [-0.1, -0.05) is 24.1 Å². The van der Waals surface area contributed by atoms with E-state index in [1.54, 1.807) is 31.2 Å². The summed E-state index contributed by atoms with van der Waals surface area (Å²) in [6.07, 6.45) is 2.71. The minimum atomic E-state index is -3.63. The molecule has 0 bridgehead atoms. The highest BCUT2D eigenvalue weighted by Crippen LogP contribution is 2.26. The van der Waals surface area contributed by atoms with Gasteiger partial charge >= 0.3 is 5.97 Å². The van der Waals surface area contributed by atoms with Gasteiger partial charge in [-0.2, -0.15) is 4.31 Å². The summed E-state index contributed by atoms with van der Waals surface area (Å²) >= 11 is 5.78. The van der Waals surface area contributed by atoms with Crippen molar-refractivity contribution in [3.05, 3.63) is 58.6 Å². The van der Waals surface area contributed by atoms with Crippen LogP contribution in [0.3, 0.4) is 0 Å². The molecule has 9 heteroatoms. The van der Waals surface area contributed by atoms with Crippen LogP contribution < -0.4 is 5.32 Å².